The van der Waals surface area contributed by atoms with E-state index in [4.69, 9.17) is 0 Å². The molecule has 1 aromatic carbocycles. The van der Waals surface area contributed by atoms with Gasteiger partial charge in [0.15, 0.2) is 0 Å². The number of anilines is 2. The first kappa shape index (κ1) is 27.1. The summed E-state index contributed by atoms with van der Waals surface area (Å²) in [6.07, 6.45) is 15.7. The van der Waals surface area contributed by atoms with Crippen LogP contribution in [-0.4, -0.2) is 11.7 Å². The number of hydrogen-bond donors (Lipinski definition) is 1. The van der Waals surface area contributed by atoms with Crippen molar-refractivity contribution in [3.63, 3.8) is 0 Å². The van der Waals surface area contributed by atoms with Gasteiger partial charge in [0.05, 0.1) is 10.6 Å². The highest BCUT2D eigenvalue weighted by Crippen LogP contribution is 2.40. The standard InChI is InChI=1S/C30H38N2OS2/c1-8-11-13-15-24(14-12-9-2)28-23(7)25-16-20(4)19-32(30(33)29(25)35-28)27-18-26(31-34-10-3)21(5)17-22(27)6/h9,12-15,17-19,31H,8,10-11,16H2,1-7H3/b12-9-,15-13+,24-14+. The maximum absolute atomic E-state index is 14.0. The summed E-state index contributed by atoms with van der Waals surface area (Å²) in [6.45, 7) is 14.8. The molecule has 1 amide bonds. The van der Waals surface area contributed by atoms with Gasteiger partial charge in [0.25, 0.3) is 5.91 Å². The van der Waals surface area contributed by atoms with E-state index >= 15 is 0 Å². The Balaban J connectivity index is 2.11. The molecule has 0 saturated heterocycles. The SMILES string of the molecule is C\C=C/C=C(\C=C\CCC)c1sc2c(c1C)CC(C)=CN(c1cc(NSCC)c(C)cc1C)C2=O. The number of allylic oxidation sites excluding steroid dienone is 7. The minimum Gasteiger partial charge on any atom is -0.329 e. The predicted molar refractivity (Wildman–Crippen MR) is 158 cm³/mol. The van der Waals surface area contributed by atoms with Gasteiger partial charge in [-0.15, -0.1) is 11.3 Å². The van der Waals surface area contributed by atoms with Crippen LogP contribution in [0.25, 0.3) is 5.57 Å². The van der Waals surface area contributed by atoms with Gasteiger partial charge >= 0.3 is 0 Å². The lowest BCUT2D eigenvalue weighted by molar-refractivity contribution is 0.100. The highest BCUT2D eigenvalue weighted by atomic mass is 32.2. The van der Waals surface area contributed by atoms with Crippen molar-refractivity contribution in [1.29, 1.82) is 0 Å². The third-order valence-corrected chi connectivity index (χ3v) is 8.13. The summed E-state index contributed by atoms with van der Waals surface area (Å²) in [5.41, 5.74) is 9.00. The number of unbranched alkanes of at least 4 members (excludes halogenated alkanes) is 1. The van der Waals surface area contributed by atoms with E-state index in [-0.39, 0.29) is 5.91 Å². The average Bonchev–Trinajstić information content (AvgIpc) is 3.08. The average molecular weight is 507 g/mol. The van der Waals surface area contributed by atoms with Gasteiger partial charge in [-0.3, -0.25) is 9.69 Å². The predicted octanol–water partition coefficient (Wildman–Crippen LogP) is 9.18. The summed E-state index contributed by atoms with van der Waals surface area (Å²) in [6, 6.07) is 4.28. The van der Waals surface area contributed by atoms with E-state index in [0.29, 0.717) is 0 Å². The smallest absolute Gasteiger partial charge is 0.272 e. The molecule has 2 aromatic rings. The largest absolute Gasteiger partial charge is 0.329 e. The fraction of sp³-hybridized carbons (Fsp3) is 0.367. The Kier molecular flexibility index (Phi) is 9.64. The zero-order valence-electron chi connectivity index (χ0n) is 22.1. The van der Waals surface area contributed by atoms with E-state index in [0.717, 1.165) is 52.4 Å². The molecule has 0 radical (unpaired) electrons. The molecule has 1 N–H and O–H groups in total. The number of benzene rings is 1. The molecule has 5 heteroatoms. The van der Waals surface area contributed by atoms with Crippen LogP contribution in [0.15, 0.2) is 54.3 Å². The first-order valence-corrected chi connectivity index (χ1v) is 14.2. The fourth-order valence-electron chi connectivity index (χ4n) is 4.24. The lowest BCUT2D eigenvalue weighted by Crippen LogP contribution is -2.25. The maximum atomic E-state index is 14.0. The fourth-order valence-corrected chi connectivity index (χ4v) is 6.03. The number of nitrogens with one attached hydrogen (secondary N) is 1. The van der Waals surface area contributed by atoms with Gasteiger partial charge in [0.2, 0.25) is 0 Å². The molecule has 3 rings (SSSR count). The quantitative estimate of drug-likeness (QED) is 0.272. The minimum atomic E-state index is 0.0557. The summed E-state index contributed by atoms with van der Waals surface area (Å²) in [5, 5.41) is 0. The van der Waals surface area contributed by atoms with Gasteiger partial charge in [-0.1, -0.05) is 74.2 Å². The molecule has 0 atom stereocenters. The molecular weight excluding hydrogens is 468 g/mol. The van der Waals surface area contributed by atoms with E-state index in [1.54, 1.807) is 23.3 Å². The number of carbonyl (C=O) groups excluding carboxylic acids is 1. The van der Waals surface area contributed by atoms with Crippen molar-refractivity contribution in [2.75, 3.05) is 15.4 Å². The Morgan fingerprint density at radius 2 is 1.94 bits per heavy atom. The Bertz CT molecular complexity index is 1200. The van der Waals surface area contributed by atoms with Crippen molar-refractivity contribution in [3.05, 3.63) is 86.3 Å². The number of fused-ring (bicyclic) bond motifs is 1. The number of rotatable bonds is 9. The Morgan fingerprint density at radius 3 is 2.63 bits per heavy atom. The summed E-state index contributed by atoms with van der Waals surface area (Å²) in [7, 11) is 0. The van der Waals surface area contributed by atoms with Crippen LogP contribution in [0.1, 0.15) is 77.3 Å². The van der Waals surface area contributed by atoms with Crippen LogP contribution in [0.2, 0.25) is 0 Å². The maximum Gasteiger partial charge on any atom is 0.272 e. The normalized spacial score (nSPS) is 14.6. The lowest BCUT2D eigenvalue weighted by Gasteiger charge is -2.22. The molecule has 186 valence electrons. The molecule has 1 aliphatic rings. The van der Waals surface area contributed by atoms with Crippen LogP contribution >= 0.6 is 23.3 Å². The van der Waals surface area contributed by atoms with Crippen molar-refractivity contribution in [3.8, 4) is 0 Å². The van der Waals surface area contributed by atoms with Crippen LogP contribution in [-0.2, 0) is 6.42 Å². The Hall–Kier alpha value is -2.50. The van der Waals surface area contributed by atoms with E-state index in [1.165, 1.54) is 27.2 Å². The van der Waals surface area contributed by atoms with Crippen molar-refractivity contribution in [1.82, 2.24) is 0 Å². The van der Waals surface area contributed by atoms with Crippen molar-refractivity contribution < 1.29 is 4.79 Å². The monoisotopic (exact) mass is 506 g/mol. The summed E-state index contributed by atoms with van der Waals surface area (Å²) in [4.78, 5) is 17.9. The Labute approximate surface area is 219 Å². The van der Waals surface area contributed by atoms with Crippen LogP contribution in [0.5, 0.6) is 0 Å². The Morgan fingerprint density at radius 1 is 1.17 bits per heavy atom. The zero-order chi connectivity index (χ0) is 25.5. The van der Waals surface area contributed by atoms with Crippen LogP contribution in [0, 0.1) is 20.8 Å². The number of carbonyl (C=O) groups is 1. The third kappa shape index (κ3) is 6.20. The second-order valence-corrected chi connectivity index (χ2v) is 11.1. The van der Waals surface area contributed by atoms with Gasteiger partial charge in [0.1, 0.15) is 0 Å². The van der Waals surface area contributed by atoms with E-state index < -0.39 is 0 Å². The number of amides is 1. The van der Waals surface area contributed by atoms with E-state index in [9.17, 15) is 4.79 Å². The van der Waals surface area contributed by atoms with Gasteiger partial charge in [-0.2, -0.15) is 0 Å². The number of aryl methyl sites for hydroxylation is 2. The summed E-state index contributed by atoms with van der Waals surface area (Å²) < 4.78 is 3.44. The molecule has 0 bridgehead atoms. The van der Waals surface area contributed by atoms with Gasteiger partial charge in [0, 0.05) is 22.5 Å². The molecule has 1 aromatic heterocycles. The molecule has 0 aliphatic carbocycles. The molecule has 0 saturated carbocycles. The van der Waals surface area contributed by atoms with E-state index in [1.807, 2.05) is 24.1 Å². The van der Waals surface area contributed by atoms with Crippen molar-refractivity contribution in [2.24, 2.45) is 0 Å². The van der Waals surface area contributed by atoms with Gasteiger partial charge in [-0.05, 0) is 81.4 Å². The number of thiophene rings is 1. The second kappa shape index (κ2) is 12.5. The summed E-state index contributed by atoms with van der Waals surface area (Å²) in [5.74, 6) is 1.03. The molecule has 0 fully saturated rings. The van der Waals surface area contributed by atoms with Gasteiger partial charge < -0.3 is 4.72 Å². The first-order valence-electron chi connectivity index (χ1n) is 12.4. The van der Waals surface area contributed by atoms with Crippen LogP contribution in [0.4, 0.5) is 11.4 Å². The molecule has 1 aliphatic heterocycles. The lowest BCUT2D eigenvalue weighted by atomic mass is 10.00. The number of nitrogens with zero attached hydrogens (tertiary/aromatic N) is 1. The highest BCUT2D eigenvalue weighted by Gasteiger charge is 2.29. The molecule has 0 spiro atoms. The van der Waals surface area contributed by atoms with E-state index in [2.05, 4.69) is 82.7 Å². The molecule has 3 nitrogen and oxygen atoms in total. The topological polar surface area (TPSA) is 32.3 Å². The highest BCUT2D eigenvalue weighted by molar-refractivity contribution is 8.00. The first-order chi connectivity index (χ1) is 16.8. The summed E-state index contributed by atoms with van der Waals surface area (Å²) >= 11 is 3.30. The molecule has 0 unspecified atom stereocenters. The van der Waals surface area contributed by atoms with Crippen molar-refractivity contribution in [2.45, 2.75) is 67.7 Å². The number of hydrogen-bond acceptors (Lipinski definition) is 4. The second-order valence-electron chi connectivity index (χ2n) is 9.02. The van der Waals surface area contributed by atoms with Crippen LogP contribution < -0.4 is 9.62 Å². The zero-order valence-corrected chi connectivity index (χ0v) is 23.8. The van der Waals surface area contributed by atoms with Crippen molar-refractivity contribution >= 4 is 46.1 Å². The minimum absolute atomic E-state index is 0.0557. The van der Waals surface area contributed by atoms with Crippen LogP contribution in [0.3, 0.4) is 0 Å². The molecule has 35 heavy (non-hydrogen) atoms. The third-order valence-electron chi connectivity index (χ3n) is 6.10. The molecule has 2 heterocycles. The molecular formula is C30H38N2OS2. The van der Waals surface area contributed by atoms with Gasteiger partial charge in [-0.25, -0.2) is 0 Å².